The average molecular weight is 404 g/mol. The van der Waals surface area contributed by atoms with Gasteiger partial charge in [0.25, 0.3) is 11.8 Å². The molecule has 0 unspecified atom stereocenters. The minimum Gasteiger partial charge on any atom is -0.365 e. The van der Waals surface area contributed by atoms with Crippen molar-refractivity contribution in [2.24, 2.45) is 5.73 Å². The number of anilines is 1. The van der Waals surface area contributed by atoms with Crippen LogP contribution >= 0.6 is 23.6 Å². The number of hydrogen-bond acceptors (Lipinski definition) is 4. The number of carbonyl (C=O) groups is 2. The van der Waals surface area contributed by atoms with Crippen LogP contribution in [0.25, 0.3) is 0 Å². The van der Waals surface area contributed by atoms with Gasteiger partial charge in [0.05, 0.1) is 5.56 Å². The summed E-state index contributed by atoms with van der Waals surface area (Å²) >= 11 is 6.64. The molecule has 27 heavy (non-hydrogen) atoms. The Morgan fingerprint density at radius 1 is 1.19 bits per heavy atom. The Morgan fingerprint density at radius 3 is 2.26 bits per heavy atom. The first kappa shape index (κ1) is 21.1. The number of carbonyl (C=O) groups excluding carboxylic acids is 2. The first-order valence-electron chi connectivity index (χ1n) is 8.69. The Bertz CT molecular complexity index is 878. The van der Waals surface area contributed by atoms with Gasteiger partial charge in [-0.2, -0.15) is 0 Å². The molecule has 0 aliphatic carbocycles. The predicted octanol–water partition coefficient (Wildman–Crippen LogP) is 4.14. The molecule has 0 radical (unpaired) electrons. The van der Waals surface area contributed by atoms with Crippen LogP contribution in [0.2, 0.25) is 0 Å². The number of benzene rings is 1. The molecular weight excluding hydrogens is 378 g/mol. The van der Waals surface area contributed by atoms with Crippen molar-refractivity contribution in [3.8, 4) is 0 Å². The first-order chi connectivity index (χ1) is 12.5. The highest BCUT2D eigenvalue weighted by Gasteiger charge is 2.20. The van der Waals surface area contributed by atoms with Crippen molar-refractivity contribution in [1.29, 1.82) is 0 Å². The van der Waals surface area contributed by atoms with E-state index in [1.54, 1.807) is 12.1 Å². The third kappa shape index (κ3) is 4.93. The summed E-state index contributed by atoms with van der Waals surface area (Å²) in [5.74, 6) is -0.817. The van der Waals surface area contributed by atoms with Crippen LogP contribution in [-0.2, 0) is 11.8 Å². The summed E-state index contributed by atoms with van der Waals surface area (Å²) in [7, 11) is 0. The number of primary amides is 1. The quantitative estimate of drug-likeness (QED) is 0.670. The van der Waals surface area contributed by atoms with Crippen LogP contribution in [0.4, 0.5) is 5.00 Å². The monoisotopic (exact) mass is 403 g/mol. The van der Waals surface area contributed by atoms with Gasteiger partial charge in [0.1, 0.15) is 5.00 Å². The fourth-order valence-electron chi connectivity index (χ4n) is 2.78. The van der Waals surface area contributed by atoms with Gasteiger partial charge < -0.3 is 11.1 Å². The van der Waals surface area contributed by atoms with Gasteiger partial charge in [-0.3, -0.25) is 14.9 Å². The van der Waals surface area contributed by atoms with Gasteiger partial charge in [0.2, 0.25) is 0 Å². The molecule has 0 saturated heterocycles. The van der Waals surface area contributed by atoms with Crippen molar-refractivity contribution in [2.75, 3.05) is 5.32 Å². The van der Waals surface area contributed by atoms with Crippen LogP contribution < -0.4 is 16.4 Å². The normalized spacial score (nSPS) is 11.1. The largest absolute Gasteiger partial charge is 0.365 e. The smallest absolute Gasteiger partial charge is 0.257 e. The lowest BCUT2D eigenvalue weighted by Gasteiger charge is -2.19. The van der Waals surface area contributed by atoms with Gasteiger partial charge in [0.15, 0.2) is 5.11 Å². The van der Waals surface area contributed by atoms with E-state index in [9.17, 15) is 9.59 Å². The second kappa shape index (κ2) is 8.19. The standard InChI is InChI=1S/C20H25N3O2S2/c1-6-14-11(2)27-18(15(14)16(21)24)23-19(26)22-17(25)12-7-9-13(10-8-12)20(3,4)5/h7-10H,6H2,1-5H3,(H2,21,24)(H2,22,23,25,26). The van der Waals surface area contributed by atoms with Gasteiger partial charge >= 0.3 is 0 Å². The van der Waals surface area contributed by atoms with Gasteiger partial charge in [0, 0.05) is 10.4 Å². The molecule has 144 valence electrons. The Labute approximate surface area is 169 Å². The Hall–Kier alpha value is -2.25. The third-order valence-electron chi connectivity index (χ3n) is 4.28. The number of nitrogens with one attached hydrogen (secondary N) is 2. The van der Waals surface area contributed by atoms with Crippen molar-refractivity contribution in [3.05, 3.63) is 51.4 Å². The SMILES string of the molecule is CCc1c(C)sc(NC(=S)NC(=O)c2ccc(C(C)(C)C)cc2)c1C(N)=O. The van der Waals surface area contributed by atoms with Gasteiger partial charge in [-0.1, -0.05) is 39.8 Å². The van der Waals surface area contributed by atoms with Gasteiger partial charge in [-0.05, 0) is 54.2 Å². The number of nitrogens with two attached hydrogens (primary N) is 1. The van der Waals surface area contributed by atoms with Crippen LogP contribution in [-0.4, -0.2) is 16.9 Å². The fourth-order valence-corrected chi connectivity index (χ4v) is 4.20. The molecule has 0 saturated carbocycles. The summed E-state index contributed by atoms with van der Waals surface area (Å²) in [4.78, 5) is 25.2. The lowest BCUT2D eigenvalue weighted by molar-refractivity contribution is 0.0975. The summed E-state index contributed by atoms with van der Waals surface area (Å²) in [6.45, 7) is 10.2. The van der Waals surface area contributed by atoms with E-state index >= 15 is 0 Å². The molecule has 5 nitrogen and oxygen atoms in total. The van der Waals surface area contributed by atoms with Crippen molar-refractivity contribution in [1.82, 2.24) is 5.32 Å². The average Bonchev–Trinajstić information content (AvgIpc) is 2.89. The van der Waals surface area contributed by atoms with E-state index in [0.717, 1.165) is 16.0 Å². The third-order valence-corrected chi connectivity index (χ3v) is 5.54. The second-order valence-electron chi connectivity index (χ2n) is 7.29. The summed E-state index contributed by atoms with van der Waals surface area (Å²) in [6, 6.07) is 7.43. The zero-order valence-electron chi connectivity index (χ0n) is 16.2. The molecule has 0 bridgehead atoms. The Balaban J connectivity index is 2.12. The molecule has 2 amide bonds. The summed E-state index contributed by atoms with van der Waals surface area (Å²) in [5.41, 5.74) is 8.54. The highest BCUT2D eigenvalue weighted by Crippen LogP contribution is 2.33. The maximum absolute atomic E-state index is 12.4. The molecule has 0 aliphatic rings. The molecule has 2 rings (SSSR count). The summed E-state index contributed by atoms with van der Waals surface area (Å²) < 4.78 is 0. The van der Waals surface area contributed by atoms with E-state index in [4.69, 9.17) is 18.0 Å². The van der Waals surface area contributed by atoms with E-state index in [1.807, 2.05) is 26.0 Å². The predicted molar refractivity (Wildman–Crippen MR) is 116 cm³/mol. The van der Waals surface area contributed by atoms with Crippen molar-refractivity contribution in [3.63, 3.8) is 0 Å². The molecule has 0 spiro atoms. The van der Waals surface area contributed by atoms with E-state index < -0.39 is 5.91 Å². The maximum Gasteiger partial charge on any atom is 0.257 e. The van der Waals surface area contributed by atoms with E-state index in [1.165, 1.54) is 11.3 Å². The number of rotatable bonds is 4. The minimum atomic E-state index is -0.509. The Kier molecular flexibility index (Phi) is 6.38. The molecule has 0 aliphatic heterocycles. The number of amides is 2. The number of aryl methyl sites for hydroxylation is 1. The molecular formula is C20H25N3O2S2. The maximum atomic E-state index is 12.4. The van der Waals surface area contributed by atoms with Crippen LogP contribution in [0.5, 0.6) is 0 Å². The summed E-state index contributed by atoms with van der Waals surface area (Å²) in [6.07, 6.45) is 0.696. The topological polar surface area (TPSA) is 84.2 Å². The lowest BCUT2D eigenvalue weighted by atomic mass is 9.87. The molecule has 0 atom stereocenters. The number of thiocarbonyl (C=S) groups is 1. The molecule has 0 fully saturated rings. The zero-order valence-corrected chi connectivity index (χ0v) is 17.9. The highest BCUT2D eigenvalue weighted by molar-refractivity contribution is 7.80. The molecule has 7 heteroatoms. The minimum absolute atomic E-state index is 0.0189. The van der Waals surface area contributed by atoms with E-state index in [-0.39, 0.29) is 16.4 Å². The summed E-state index contributed by atoms with van der Waals surface area (Å²) in [5, 5.41) is 6.28. The Morgan fingerprint density at radius 2 is 1.78 bits per heavy atom. The zero-order chi connectivity index (χ0) is 20.4. The fraction of sp³-hybridized carbons (Fsp3) is 0.350. The molecule has 2 aromatic rings. The molecule has 1 aromatic heterocycles. The van der Waals surface area contributed by atoms with Crippen LogP contribution in [0.1, 0.15) is 64.4 Å². The molecule has 1 aromatic carbocycles. The van der Waals surface area contributed by atoms with Crippen molar-refractivity contribution in [2.45, 2.75) is 46.5 Å². The number of hydrogen-bond donors (Lipinski definition) is 3. The number of thiophene rings is 1. The molecule has 1 heterocycles. The van der Waals surface area contributed by atoms with Crippen molar-refractivity contribution >= 4 is 45.5 Å². The van der Waals surface area contributed by atoms with Gasteiger partial charge in [-0.25, -0.2) is 0 Å². The van der Waals surface area contributed by atoms with E-state index in [2.05, 4.69) is 31.4 Å². The highest BCUT2D eigenvalue weighted by atomic mass is 32.1. The molecule has 4 N–H and O–H groups in total. The second-order valence-corrected chi connectivity index (χ2v) is 8.93. The van der Waals surface area contributed by atoms with Crippen LogP contribution in [0.3, 0.4) is 0 Å². The van der Waals surface area contributed by atoms with Crippen molar-refractivity contribution < 1.29 is 9.59 Å². The first-order valence-corrected chi connectivity index (χ1v) is 9.92. The van der Waals surface area contributed by atoms with Crippen LogP contribution in [0, 0.1) is 6.92 Å². The van der Waals surface area contributed by atoms with Gasteiger partial charge in [-0.15, -0.1) is 11.3 Å². The lowest BCUT2D eigenvalue weighted by Crippen LogP contribution is -2.34. The van der Waals surface area contributed by atoms with E-state index in [0.29, 0.717) is 22.5 Å². The van der Waals surface area contributed by atoms with Crippen LogP contribution in [0.15, 0.2) is 24.3 Å².